The summed E-state index contributed by atoms with van der Waals surface area (Å²) in [6, 6.07) is 6.13. The molecular formula is C42H62FNO7. The van der Waals surface area contributed by atoms with E-state index in [2.05, 4.69) is 34.6 Å². The molecule has 4 unspecified atom stereocenters. The molecule has 2 aliphatic heterocycles. The first-order valence-electron chi connectivity index (χ1n) is 19.9. The predicted octanol–water partition coefficient (Wildman–Crippen LogP) is 5.88. The van der Waals surface area contributed by atoms with Gasteiger partial charge in [0, 0.05) is 12.0 Å². The number of nitrogens with zero attached hydrogens (tertiary/aromatic N) is 1. The highest BCUT2D eigenvalue weighted by Gasteiger charge is 2.84. The highest BCUT2D eigenvalue weighted by molar-refractivity contribution is 5.78. The van der Waals surface area contributed by atoms with Crippen LogP contribution in [0.15, 0.2) is 24.3 Å². The molecule has 7 fully saturated rings. The molecule has 2 saturated heterocycles. The molecule has 51 heavy (non-hydrogen) atoms. The van der Waals surface area contributed by atoms with Crippen molar-refractivity contribution in [3.05, 3.63) is 35.6 Å². The van der Waals surface area contributed by atoms with Gasteiger partial charge in [0.15, 0.2) is 6.29 Å². The van der Waals surface area contributed by atoms with E-state index in [0.717, 1.165) is 37.7 Å². The third-order valence-corrected chi connectivity index (χ3v) is 16.8. The second-order valence-corrected chi connectivity index (χ2v) is 19.7. The molecule has 2 spiro atoms. The molecule has 5 aliphatic carbocycles. The van der Waals surface area contributed by atoms with Crippen LogP contribution in [0.4, 0.5) is 4.39 Å². The van der Waals surface area contributed by atoms with Gasteiger partial charge in [0.25, 0.3) is 0 Å². The second-order valence-electron chi connectivity index (χ2n) is 19.7. The van der Waals surface area contributed by atoms with Crippen molar-refractivity contribution >= 4 is 5.91 Å². The summed E-state index contributed by atoms with van der Waals surface area (Å²) >= 11 is 0. The lowest BCUT2D eigenvalue weighted by Crippen LogP contribution is -2.60. The van der Waals surface area contributed by atoms with Gasteiger partial charge in [-0.1, -0.05) is 46.8 Å². The second kappa shape index (κ2) is 11.9. The van der Waals surface area contributed by atoms with Gasteiger partial charge in [-0.15, -0.1) is 0 Å². The SMILES string of the molecule is C[C@@H]1CC([C@H](O)C(C)(C)O)OC2[C@H]1[C@@]1(C)CC[C@@]34C[C@@]35CCC(O[C@H]3CN(C(=O)Cc6ccc(F)cc6)CCO3)C(C)(C)[C@@H]5CCC4[C@]1(C)[C@H]2O. The number of aliphatic hydroxyl groups excluding tert-OH is 2. The molecule has 1 amide bonds. The first-order valence-corrected chi connectivity index (χ1v) is 19.9. The minimum Gasteiger partial charge on any atom is -0.390 e. The Morgan fingerprint density at radius 2 is 1.75 bits per heavy atom. The maximum atomic E-state index is 13.4. The first kappa shape index (κ1) is 36.4. The van der Waals surface area contributed by atoms with E-state index in [0.29, 0.717) is 38.0 Å². The van der Waals surface area contributed by atoms with Crippen molar-refractivity contribution in [3.63, 3.8) is 0 Å². The minimum absolute atomic E-state index is 0.00840. The fourth-order valence-electron chi connectivity index (χ4n) is 14.2. The molecule has 284 valence electrons. The Bertz CT molecular complexity index is 1510. The van der Waals surface area contributed by atoms with Crippen molar-refractivity contribution in [1.29, 1.82) is 0 Å². The fraction of sp³-hybridized carbons (Fsp3) is 0.833. The van der Waals surface area contributed by atoms with Gasteiger partial charge < -0.3 is 34.4 Å². The Morgan fingerprint density at radius 1 is 1.06 bits per heavy atom. The zero-order valence-corrected chi connectivity index (χ0v) is 31.9. The number of fused-ring (bicyclic) bond motifs is 4. The smallest absolute Gasteiger partial charge is 0.227 e. The normalized spacial score (nSPS) is 47.7. The molecule has 9 heteroatoms. The van der Waals surface area contributed by atoms with Crippen LogP contribution < -0.4 is 0 Å². The van der Waals surface area contributed by atoms with Crippen LogP contribution in [0, 0.1) is 56.6 Å². The standard InChI is InChI=1S/C42H62FNO7/c1-24-20-27(35(46)38(4,5)48)50-34-33(24)39(6)16-17-42-23-41(42)15-14-30(37(2,3)28(41)12-13-29(42)40(39,7)36(34)47)51-32-22-44(18-19-49-32)31(45)21-25-8-10-26(43)11-9-25/h8-11,24,27-30,32-36,46-48H,12-23H2,1-7H3/t24-,27?,28+,29?,30?,32+,33+,34?,35+,36+,39-,40-,41-,42+/m1/s1. The zero-order chi connectivity index (χ0) is 36.5. The van der Waals surface area contributed by atoms with E-state index in [4.69, 9.17) is 14.2 Å². The Morgan fingerprint density at radius 3 is 2.45 bits per heavy atom. The molecule has 1 aromatic rings. The van der Waals surface area contributed by atoms with Gasteiger partial charge in [-0.3, -0.25) is 4.79 Å². The lowest BCUT2D eigenvalue weighted by molar-refractivity contribution is -0.248. The van der Waals surface area contributed by atoms with E-state index in [9.17, 15) is 24.5 Å². The highest BCUT2D eigenvalue weighted by Crippen LogP contribution is 2.89. The molecular weight excluding hydrogens is 649 g/mol. The zero-order valence-electron chi connectivity index (χ0n) is 31.9. The first-order chi connectivity index (χ1) is 23.9. The van der Waals surface area contributed by atoms with Gasteiger partial charge in [0.05, 0.1) is 49.6 Å². The lowest BCUT2D eigenvalue weighted by atomic mass is 9.41. The van der Waals surface area contributed by atoms with Crippen LogP contribution in [0.2, 0.25) is 0 Å². The van der Waals surface area contributed by atoms with E-state index in [-0.39, 0.29) is 69.3 Å². The van der Waals surface area contributed by atoms with Crippen molar-refractivity contribution in [2.45, 2.75) is 149 Å². The van der Waals surface area contributed by atoms with E-state index < -0.39 is 30.2 Å². The average Bonchev–Trinajstić information content (AvgIpc) is 3.71. The molecule has 14 atom stereocenters. The monoisotopic (exact) mass is 711 g/mol. The highest BCUT2D eigenvalue weighted by atomic mass is 19.1. The number of benzene rings is 1. The minimum atomic E-state index is -1.27. The van der Waals surface area contributed by atoms with Crippen LogP contribution in [0.25, 0.3) is 0 Å². The van der Waals surface area contributed by atoms with E-state index >= 15 is 0 Å². The van der Waals surface area contributed by atoms with Gasteiger partial charge in [-0.25, -0.2) is 4.39 Å². The van der Waals surface area contributed by atoms with Gasteiger partial charge >= 0.3 is 0 Å². The molecule has 0 bridgehead atoms. The number of aliphatic hydroxyl groups is 3. The van der Waals surface area contributed by atoms with E-state index in [1.54, 1.807) is 26.0 Å². The number of rotatable bonds is 6. The summed E-state index contributed by atoms with van der Waals surface area (Å²) in [5.41, 5.74) is -0.454. The third-order valence-electron chi connectivity index (χ3n) is 16.8. The molecule has 0 aromatic heterocycles. The molecule has 1 aromatic carbocycles. The summed E-state index contributed by atoms with van der Waals surface area (Å²) in [6.07, 6.45) is 5.78. The van der Waals surface area contributed by atoms with E-state index in [1.165, 1.54) is 25.0 Å². The summed E-state index contributed by atoms with van der Waals surface area (Å²) < 4.78 is 33.0. The molecule has 0 radical (unpaired) electrons. The Kier molecular flexibility index (Phi) is 8.51. The van der Waals surface area contributed by atoms with Crippen molar-refractivity contribution in [3.8, 4) is 0 Å². The molecule has 8 nitrogen and oxygen atoms in total. The quantitative estimate of drug-likeness (QED) is 0.338. The third kappa shape index (κ3) is 5.13. The maximum Gasteiger partial charge on any atom is 0.227 e. The summed E-state index contributed by atoms with van der Waals surface area (Å²) in [5.74, 6) is 1.11. The molecule has 7 aliphatic rings. The summed E-state index contributed by atoms with van der Waals surface area (Å²) in [4.78, 5) is 15.0. The average molecular weight is 712 g/mol. The van der Waals surface area contributed by atoms with Gasteiger partial charge in [-0.2, -0.15) is 0 Å². The van der Waals surface area contributed by atoms with Gasteiger partial charge in [0.1, 0.15) is 11.9 Å². The van der Waals surface area contributed by atoms with Crippen molar-refractivity contribution in [2.24, 2.45) is 50.7 Å². The van der Waals surface area contributed by atoms with E-state index in [1.807, 2.05) is 4.90 Å². The number of carbonyl (C=O) groups excluding carboxylic acids is 1. The van der Waals surface area contributed by atoms with Crippen LogP contribution in [0.1, 0.15) is 105 Å². The topological polar surface area (TPSA) is 109 Å². The molecule has 5 saturated carbocycles. The number of hydrogen-bond donors (Lipinski definition) is 3. The largest absolute Gasteiger partial charge is 0.390 e. The Hall–Kier alpha value is -1.62. The van der Waals surface area contributed by atoms with Crippen LogP contribution in [0.3, 0.4) is 0 Å². The molecule has 2 heterocycles. The van der Waals surface area contributed by atoms with Crippen LogP contribution in [0.5, 0.6) is 0 Å². The summed E-state index contributed by atoms with van der Waals surface area (Å²) in [7, 11) is 0. The van der Waals surface area contributed by atoms with Crippen LogP contribution >= 0.6 is 0 Å². The van der Waals surface area contributed by atoms with Gasteiger partial charge in [-0.05, 0) is 128 Å². The maximum absolute atomic E-state index is 13.4. The number of hydrogen-bond acceptors (Lipinski definition) is 7. The van der Waals surface area contributed by atoms with Crippen LogP contribution in [-0.4, -0.2) is 88.2 Å². The fourth-order valence-corrected chi connectivity index (χ4v) is 14.2. The Labute approximate surface area is 303 Å². The number of amides is 1. The number of ether oxygens (including phenoxy) is 3. The number of halogens is 1. The molecule has 8 rings (SSSR count). The molecule has 3 N–H and O–H groups in total. The van der Waals surface area contributed by atoms with Crippen molar-refractivity contribution in [1.82, 2.24) is 4.90 Å². The Balaban J connectivity index is 0.976. The number of carbonyl (C=O) groups is 1. The lowest BCUT2D eigenvalue weighted by Gasteiger charge is -2.64. The van der Waals surface area contributed by atoms with Gasteiger partial charge in [0.2, 0.25) is 5.91 Å². The summed E-state index contributed by atoms with van der Waals surface area (Å²) in [6.45, 7) is 16.5. The van der Waals surface area contributed by atoms with Crippen molar-refractivity contribution in [2.75, 3.05) is 19.7 Å². The summed E-state index contributed by atoms with van der Waals surface area (Å²) in [5, 5.41) is 34.2. The predicted molar refractivity (Wildman–Crippen MR) is 190 cm³/mol. The van der Waals surface area contributed by atoms with Crippen molar-refractivity contribution < 1.29 is 38.7 Å². The number of morpholine rings is 1. The van der Waals surface area contributed by atoms with Crippen LogP contribution in [-0.2, 0) is 25.4 Å².